The van der Waals surface area contributed by atoms with E-state index in [1.165, 1.54) is 6.20 Å². The summed E-state index contributed by atoms with van der Waals surface area (Å²) in [5.74, 6) is 0.736. The third kappa shape index (κ3) is 5.93. The number of aromatic nitrogens is 2. The lowest BCUT2D eigenvalue weighted by atomic mass is 10.1. The van der Waals surface area contributed by atoms with E-state index in [1.807, 2.05) is 54.3 Å². The molecule has 0 saturated heterocycles. The van der Waals surface area contributed by atoms with Crippen LogP contribution >= 0.6 is 11.6 Å². The molecule has 1 atom stereocenters. The van der Waals surface area contributed by atoms with Gasteiger partial charge in [0.15, 0.2) is 5.82 Å². The van der Waals surface area contributed by atoms with E-state index in [-0.39, 0.29) is 12.5 Å². The van der Waals surface area contributed by atoms with Gasteiger partial charge in [-0.3, -0.25) is 9.35 Å². The lowest BCUT2D eigenvalue weighted by molar-refractivity contribution is 0.0775. The standard InChI is InChI=1S/C24H28ClN7O3S/c1-3-31-11-12-32(4-2)23(33)18-10-9-17(13-21(18)31)28-24-26-15-19(25)22(30-24)29-20-8-6-5-7-16(20)14-27-36(34)35/h5-10,13,15,27H,3-4,11-12,14H2,1-2H3,(H,34,35)(H2,26,28,29,30). The summed E-state index contributed by atoms with van der Waals surface area (Å²) in [6.07, 6.45) is 1.49. The molecule has 0 spiro atoms. The summed E-state index contributed by atoms with van der Waals surface area (Å²) >= 11 is 4.23. The van der Waals surface area contributed by atoms with Gasteiger partial charge in [-0.05, 0) is 43.7 Å². The monoisotopic (exact) mass is 529 g/mol. The number of para-hydroxylation sites is 1. The zero-order valence-electron chi connectivity index (χ0n) is 20.0. The molecule has 4 N–H and O–H groups in total. The second kappa shape index (κ2) is 11.7. The number of fused-ring (bicyclic) bond motifs is 1. The molecular formula is C24H28ClN7O3S. The average molecular weight is 530 g/mol. The van der Waals surface area contributed by atoms with Crippen molar-refractivity contribution in [3.05, 3.63) is 64.8 Å². The minimum Gasteiger partial charge on any atom is -0.369 e. The van der Waals surface area contributed by atoms with E-state index in [0.29, 0.717) is 41.1 Å². The van der Waals surface area contributed by atoms with Crippen molar-refractivity contribution in [2.45, 2.75) is 20.4 Å². The van der Waals surface area contributed by atoms with Crippen LogP contribution in [-0.2, 0) is 17.8 Å². The van der Waals surface area contributed by atoms with Crippen LogP contribution in [0.1, 0.15) is 29.8 Å². The molecule has 3 aromatic rings. The summed E-state index contributed by atoms with van der Waals surface area (Å²) < 4.78 is 22.5. The van der Waals surface area contributed by atoms with Crippen LogP contribution in [0.15, 0.2) is 48.7 Å². The Bertz CT molecular complexity index is 1280. The van der Waals surface area contributed by atoms with E-state index >= 15 is 0 Å². The highest BCUT2D eigenvalue weighted by Crippen LogP contribution is 2.31. The largest absolute Gasteiger partial charge is 0.369 e. The van der Waals surface area contributed by atoms with Crippen molar-refractivity contribution in [1.82, 2.24) is 19.6 Å². The summed E-state index contributed by atoms with van der Waals surface area (Å²) in [6, 6.07) is 12.9. The summed E-state index contributed by atoms with van der Waals surface area (Å²) in [4.78, 5) is 25.8. The maximum absolute atomic E-state index is 13.0. The highest BCUT2D eigenvalue weighted by molar-refractivity contribution is 7.77. The van der Waals surface area contributed by atoms with Crippen LogP contribution in [-0.4, -0.2) is 55.7 Å². The molecule has 2 aromatic carbocycles. The van der Waals surface area contributed by atoms with E-state index < -0.39 is 11.3 Å². The Morgan fingerprint density at radius 2 is 1.83 bits per heavy atom. The van der Waals surface area contributed by atoms with Gasteiger partial charge in [0.1, 0.15) is 5.02 Å². The van der Waals surface area contributed by atoms with Gasteiger partial charge >= 0.3 is 0 Å². The van der Waals surface area contributed by atoms with Gasteiger partial charge in [0.05, 0.1) is 17.4 Å². The molecule has 36 heavy (non-hydrogen) atoms. The van der Waals surface area contributed by atoms with Crippen LogP contribution in [0.2, 0.25) is 5.02 Å². The molecule has 2 heterocycles. The number of hydrogen-bond acceptors (Lipinski definition) is 7. The van der Waals surface area contributed by atoms with Crippen LogP contribution in [0.4, 0.5) is 28.8 Å². The number of likely N-dealkylation sites (N-methyl/N-ethyl adjacent to an activating group) is 2. The van der Waals surface area contributed by atoms with Gasteiger partial charge in [-0.25, -0.2) is 13.9 Å². The molecule has 12 heteroatoms. The van der Waals surface area contributed by atoms with E-state index in [4.69, 9.17) is 16.2 Å². The SMILES string of the molecule is CCN1CCN(CC)c2cc(Nc3ncc(Cl)c(Nc4ccccc4CNS(=O)O)n3)ccc2C1=O. The number of benzene rings is 2. The summed E-state index contributed by atoms with van der Waals surface area (Å²) in [7, 11) is 0. The average Bonchev–Trinajstić information content (AvgIpc) is 3.01. The van der Waals surface area contributed by atoms with Crippen molar-refractivity contribution >= 4 is 57.6 Å². The first kappa shape index (κ1) is 25.8. The first-order valence-electron chi connectivity index (χ1n) is 11.6. The van der Waals surface area contributed by atoms with Crippen molar-refractivity contribution in [1.29, 1.82) is 0 Å². The third-order valence-corrected chi connectivity index (χ3v) is 6.58. The van der Waals surface area contributed by atoms with Crippen LogP contribution in [0, 0.1) is 0 Å². The minimum absolute atomic E-state index is 0.0300. The van der Waals surface area contributed by atoms with Crippen molar-refractivity contribution in [3.63, 3.8) is 0 Å². The van der Waals surface area contributed by atoms with Crippen molar-refractivity contribution in [3.8, 4) is 0 Å². The normalized spacial score (nSPS) is 14.3. The molecule has 1 amide bonds. The zero-order chi connectivity index (χ0) is 25.7. The zero-order valence-corrected chi connectivity index (χ0v) is 21.6. The molecule has 190 valence electrons. The lowest BCUT2D eigenvalue weighted by Gasteiger charge is -2.23. The molecule has 0 aliphatic carbocycles. The Hall–Kier alpha value is -3.25. The molecule has 4 rings (SSSR count). The molecule has 0 fully saturated rings. The number of nitrogens with zero attached hydrogens (tertiary/aromatic N) is 4. The van der Waals surface area contributed by atoms with Gasteiger partial charge < -0.3 is 20.4 Å². The Labute approximate surface area is 217 Å². The Kier molecular flexibility index (Phi) is 8.36. The van der Waals surface area contributed by atoms with Crippen LogP contribution in [0.25, 0.3) is 0 Å². The first-order valence-corrected chi connectivity index (χ1v) is 13.0. The number of halogens is 1. The second-order valence-corrected chi connectivity index (χ2v) is 9.26. The van der Waals surface area contributed by atoms with Crippen LogP contribution in [0.5, 0.6) is 0 Å². The topological polar surface area (TPSA) is 123 Å². The number of amides is 1. The Morgan fingerprint density at radius 3 is 2.58 bits per heavy atom. The van der Waals surface area contributed by atoms with Gasteiger partial charge in [-0.15, -0.1) is 0 Å². The fraction of sp³-hybridized carbons (Fsp3) is 0.292. The van der Waals surface area contributed by atoms with Gasteiger partial charge in [0, 0.05) is 44.1 Å². The van der Waals surface area contributed by atoms with Gasteiger partial charge in [-0.1, -0.05) is 29.8 Å². The summed E-state index contributed by atoms with van der Waals surface area (Å²) in [5.41, 5.74) is 3.74. The number of rotatable bonds is 9. The molecule has 1 aliphatic rings. The third-order valence-electron chi connectivity index (χ3n) is 5.92. The van der Waals surface area contributed by atoms with Crippen LogP contribution < -0.4 is 20.3 Å². The Morgan fingerprint density at radius 1 is 1.08 bits per heavy atom. The number of carbonyl (C=O) groups is 1. The van der Waals surface area contributed by atoms with Gasteiger partial charge in [0.25, 0.3) is 5.91 Å². The van der Waals surface area contributed by atoms with Gasteiger partial charge in [0.2, 0.25) is 17.2 Å². The molecule has 1 unspecified atom stereocenters. The predicted molar refractivity (Wildman–Crippen MR) is 144 cm³/mol. The molecule has 1 aliphatic heterocycles. The fourth-order valence-corrected chi connectivity index (χ4v) is 4.44. The van der Waals surface area contributed by atoms with E-state index in [0.717, 1.165) is 30.0 Å². The molecule has 10 nitrogen and oxygen atoms in total. The molecular weight excluding hydrogens is 502 g/mol. The van der Waals surface area contributed by atoms with Gasteiger partial charge in [-0.2, -0.15) is 4.98 Å². The molecule has 0 saturated carbocycles. The maximum atomic E-state index is 13.0. The van der Waals surface area contributed by atoms with Crippen molar-refractivity contribution in [2.75, 3.05) is 41.7 Å². The molecule has 1 aromatic heterocycles. The minimum atomic E-state index is -2.13. The predicted octanol–water partition coefficient (Wildman–Crippen LogP) is 4.15. The highest BCUT2D eigenvalue weighted by Gasteiger charge is 2.25. The lowest BCUT2D eigenvalue weighted by Crippen LogP contribution is -2.34. The molecule has 0 radical (unpaired) electrons. The van der Waals surface area contributed by atoms with E-state index in [2.05, 4.69) is 37.1 Å². The Balaban J connectivity index is 1.58. The quantitative estimate of drug-likeness (QED) is 0.305. The highest BCUT2D eigenvalue weighted by atomic mass is 35.5. The maximum Gasteiger partial charge on any atom is 0.256 e. The van der Waals surface area contributed by atoms with E-state index in [9.17, 15) is 9.00 Å². The van der Waals surface area contributed by atoms with Crippen LogP contribution in [0.3, 0.4) is 0 Å². The summed E-state index contributed by atoms with van der Waals surface area (Å²) in [6.45, 7) is 7.13. The first-order chi connectivity index (χ1) is 17.4. The number of anilines is 5. The number of hydrogen-bond donors (Lipinski definition) is 4. The van der Waals surface area contributed by atoms with Crippen molar-refractivity contribution in [2.24, 2.45) is 0 Å². The summed E-state index contributed by atoms with van der Waals surface area (Å²) in [5, 5.41) is 6.71. The van der Waals surface area contributed by atoms with Crippen molar-refractivity contribution < 1.29 is 13.6 Å². The second-order valence-electron chi connectivity index (χ2n) is 8.06. The smallest absolute Gasteiger partial charge is 0.256 e. The fourth-order valence-electron chi connectivity index (χ4n) is 4.02. The number of nitrogens with one attached hydrogen (secondary N) is 3. The number of carbonyl (C=O) groups excluding carboxylic acids is 1. The van der Waals surface area contributed by atoms with E-state index in [1.54, 1.807) is 0 Å². The molecule has 0 bridgehead atoms.